The zero-order valence-electron chi connectivity index (χ0n) is 10.5. The Morgan fingerprint density at radius 1 is 1.33 bits per heavy atom. The quantitative estimate of drug-likeness (QED) is 0.749. The van der Waals surface area contributed by atoms with Crippen molar-refractivity contribution in [2.24, 2.45) is 5.92 Å². The summed E-state index contributed by atoms with van der Waals surface area (Å²) in [5, 5.41) is 6.41. The molecule has 1 aromatic rings. The van der Waals surface area contributed by atoms with Crippen LogP contribution in [0.25, 0.3) is 0 Å². The van der Waals surface area contributed by atoms with E-state index in [9.17, 15) is 4.79 Å². The summed E-state index contributed by atoms with van der Waals surface area (Å²) in [5.41, 5.74) is 1.16. The highest BCUT2D eigenvalue weighted by Gasteiger charge is 2.31. The minimum atomic E-state index is 0.0831. The Morgan fingerprint density at radius 3 is 2.89 bits per heavy atom. The predicted octanol–water partition coefficient (Wildman–Crippen LogP) is 1.08. The maximum atomic E-state index is 11.9. The summed E-state index contributed by atoms with van der Waals surface area (Å²) in [7, 11) is 0. The molecule has 3 heterocycles. The van der Waals surface area contributed by atoms with E-state index in [4.69, 9.17) is 0 Å². The molecule has 0 saturated carbocycles. The van der Waals surface area contributed by atoms with Crippen LogP contribution < -0.4 is 10.6 Å². The zero-order chi connectivity index (χ0) is 12.4. The standard InChI is InChI=1S/C13H20N4O/c18-13-16-12(11-3-6-15-7-11)9-17(13)8-10-1-4-14-5-2-10/h3,6-7,10,12,14-15H,1-2,4-5,8-9H2,(H,16,18). The average molecular weight is 248 g/mol. The first-order valence-electron chi connectivity index (χ1n) is 6.72. The molecule has 0 bridgehead atoms. The van der Waals surface area contributed by atoms with E-state index in [0.717, 1.165) is 31.7 Å². The van der Waals surface area contributed by atoms with Crippen LogP contribution >= 0.6 is 0 Å². The number of hydrogen-bond donors (Lipinski definition) is 3. The molecule has 2 aliphatic heterocycles. The number of nitrogens with one attached hydrogen (secondary N) is 3. The van der Waals surface area contributed by atoms with E-state index in [1.807, 2.05) is 23.4 Å². The third-order valence-electron chi connectivity index (χ3n) is 3.95. The molecule has 2 amide bonds. The molecule has 1 aromatic heterocycles. The molecule has 2 aliphatic rings. The summed E-state index contributed by atoms with van der Waals surface area (Å²) >= 11 is 0. The van der Waals surface area contributed by atoms with E-state index in [2.05, 4.69) is 15.6 Å². The number of aromatic amines is 1. The lowest BCUT2D eigenvalue weighted by Gasteiger charge is -2.26. The number of urea groups is 1. The van der Waals surface area contributed by atoms with Gasteiger partial charge in [-0.2, -0.15) is 0 Å². The fourth-order valence-corrected chi connectivity index (χ4v) is 2.86. The van der Waals surface area contributed by atoms with Gasteiger partial charge in [-0.05, 0) is 43.5 Å². The molecule has 0 spiro atoms. The molecular weight excluding hydrogens is 228 g/mol. The van der Waals surface area contributed by atoms with Gasteiger partial charge in [-0.1, -0.05) is 0 Å². The van der Waals surface area contributed by atoms with Crippen LogP contribution in [0.1, 0.15) is 24.4 Å². The van der Waals surface area contributed by atoms with Crippen molar-refractivity contribution in [1.29, 1.82) is 0 Å². The minimum absolute atomic E-state index is 0.0831. The van der Waals surface area contributed by atoms with Crippen molar-refractivity contribution in [3.8, 4) is 0 Å². The van der Waals surface area contributed by atoms with Crippen LogP contribution in [0, 0.1) is 5.92 Å². The summed E-state index contributed by atoms with van der Waals surface area (Å²) in [6, 6.07) is 2.25. The third kappa shape index (κ3) is 2.36. The van der Waals surface area contributed by atoms with Crippen molar-refractivity contribution in [1.82, 2.24) is 20.5 Å². The highest BCUT2D eigenvalue weighted by molar-refractivity contribution is 5.77. The Balaban J connectivity index is 1.58. The summed E-state index contributed by atoms with van der Waals surface area (Å²) in [6.07, 6.45) is 6.22. The maximum Gasteiger partial charge on any atom is 0.318 e. The van der Waals surface area contributed by atoms with Crippen molar-refractivity contribution in [2.45, 2.75) is 18.9 Å². The topological polar surface area (TPSA) is 60.2 Å². The van der Waals surface area contributed by atoms with Crippen LogP contribution in [0.15, 0.2) is 18.5 Å². The lowest BCUT2D eigenvalue weighted by Crippen LogP contribution is -2.37. The highest BCUT2D eigenvalue weighted by Crippen LogP contribution is 2.22. The summed E-state index contributed by atoms with van der Waals surface area (Å²) in [4.78, 5) is 16.9. The van der Waals surface area contributed by atoms with Crippen molar-refractivity contribution in [3.05, 3.63) is 24.0 Å². The van der Waals surface area contributed by atoms with Crippen LogP contribution in [0.4, 0.5) is 4.79 Å². The van der Waals surface area contributed by atoms with Gasteiger partial charge in [0.15, 0.2) is 0 Å². The van der Waals surface area contributed by atoms with Gasteiger partial charge in [-0.3, -0.25) is 0 Å². The first-order valence-corrected chi connectivity index (χ1v) is 6.72. The number of carbonyl (C=O) groups excluding carboxylic acids is 1. The number of amides is 2. The Kier molecular flexibility index (Phi) is 3.23. The van der Waals surface area contributed by atoms with Gasteiger partial charge in [0.1, 0.15) is 0 Å². The molecule has 0 radical (unpaired) electrons. The molecule has 98 valence electrons. The molecular formula is C13H20N4O. The molecule has 5 nitrogen and oxygen atoms in total. The van der Waals surface area contributed by atoms with Crippen LogP contribution in [0.5, 0.6) is 0 Å². The summed E-state index contributed by atoms with van der Waals surface area (Å²) in [5.74, 6) is 0.655. The van der Waals surface area contributed by atoms with Crippen molar-refractivity contribution < 1.29 is 4.79 Å². The number of carbonyl (C=O) groups is 1. The fourth-order valence-electron chi connectivity index (χ4n) is 2.86. The van der Waals surface area contributed by atoms with Gasteiger partial charge in [-0.15, -0.1) is 0 Å². The molecule has 2 saturated heterocycles. The van der Waals surface area contributed by atoms with E-state index >= 15 is 0 Å². The highest BCUT2D eigenvalue weighted by atomic mass is 16.2. The summed E-state index contributed by atoms with van der Waals surface area (Å²) in [6.45, 7) is 3.86. The van der Waals surface area contributed by atoms with Crippen molar-refractivity contribution in [3.63, 3.8) is 0 Å². The monoisotopic (exact) mass is 248 g/mol. The van der Waals surface area contributed by atoms with E-state index in [1.54, 1.807) is 0 Å². The van der Waals surface area contributed by atoms with E-state index in [0.29, 0.717) is 5.92 Å². The first-order chi connectivity index (χ1) is 8.83. The van der Waals surface area contributed by atoms with Crippen LogP contribution in [-0.4, -0.2) is 42.1 Å². The van der Waals surface area contributed by atoms with Gasteiger partial charge >= 0.3 is 6.03 Å². The van der Waals surface area contributed by atoms with Gasteiger partial charge in [0.25, 0.3) is 0 Å². The second-order valence-corrected chi connectivity index (χ2v) is 5.24. The average Bonchev–Trinajstić information content (AvgIpc) is 3.01. The van der Waals surface area contributed by atoms with Gasteiger partial charge in [0.05, 0.1) is 6.04 Å². The number of piperidine rings is 1. The summed E-state index contributed by atoms with van der Waals surface area (Å²) < 4.78 is 0. The molecule has 3 N–H and O–H groups in total. The van der Waals surface area contributed by atoms with E-state index < -0.39 is 0 Å². The lowest BCUT2D eigenvalue weighted by atomic mass is 9.97. The number of rotatable bonds is 3. The number of hydrogen-bond acceptors (Lipinski definition) is 2. The predicted molar refractivity (Wildman–Crippen MR) is 69.2 cm³/mol. The van der Waals surface area contributed by atoms with Gasteiger partial charge in [-0.25, -0.2) is 4.79 Å². The SMILES string of the molecule is O=C1NC(c2cc[nH]c2)CN1CC1CCNCC1. The van der Waals surface area contributed by atoms with Gasteiger partial charge < -0.3 is 20.5 Å². The van der Waals surface area contributed by atoms with Crippen LogP contribution in [0.2, 0.25) is 0 Å². The molecule has 0 aromatic carbocycles. The van der Waals surface area contributed by atoms with Crippen LogP contribution in [-0.2, 0) is 0 Å². The normalized spacial score (nSPS) is 25.4. The Hall–Kier alpha value is -1.49. The minimum Gasteiger partial charge on any atom is -0.367 e. The fraction of sp³-hybridized carbons (Fsp3) is 0.615. The number of nitrogens with zero attached hydrogens (tertiary/aromatic N) is 1. The largest absolute Gasteiger partial charge is 0.367 e. The molecule has 2 fully saturated rings. The molecule has 1 atom stereocenters. The first kappa shape index (κ1) is 11.6. The molecule has 18 heavy (non-hydrogen) atoms. The Morgan fingerprint density at radius 2 is 2.17 bits per heavy atom. The lowest BCUT2D eigenvalue weighted by molar-refractivity contribution is 0.201. The third-order valence-corrected chi connectivity index (χ3v) is 3.95. The van der Waals surface area contributed by atoms with E-state index in [-0.39, 0.29) is 12.1 Å². The molecule has 5 heteroatoms. The van der Waals surface area contributed by atoms with Gasteiger partial charge in [0, 0.05) is 25.5 Å². The Labute approximate surface area is 107 Å². The number of H-pyrrole nitrogens is 1. The van der Waals surface area contributed by atoms with Gasteiger partial charge in [0.2, 0.25) is 0 Å². The Bertz CT molecular complexity index is 397. The molecule has 1 unspecified atom stereocenters. The number of aromatic nitrogens is 1. The van der Waals surface area contributed by atoms with Crippen molar-refractivity contribution in [2.75, 3.05) is 26.2 Å². The molecule has 3 rings (SSSR count). The zero-order valence-corrected chi connectivity index (χ0v) is 10.5. The second kappa shape index (κ2) is 5.02. The second-order valence-electron chi connectivity index (χ2n) is 5.24. The maximum absolute atomic E-state index is 11.9. The molecule has 0 aliphatic carbocycles. The smallest absolute Gasteiger partial charge is 0.318 e. The van der Waals surface area contributed by atoms with Crippen molar-refractivity contribution >= 4 is 6.03 Å². The van der Waals surface area contributed by atoms with E-state index in [1.165, 1.54) is 12.8 Å². The van der Waals surface area contributed by atoms with Crippen LogP contribution in [0.3, 0.4) is 0 Å².